The molecule has 6 nitrogen and oxygen atoms in total. The molecule has 0 bridgehead atoms. The fourth-order valence-electron chi connectivity index (χ4n) is 5.05. The number of hydrogen-bond acceptors (Lipinski definition) is 4. The molecular weight excluding hydrogens is 401 g/mol. The van der Waals surface area contributed by atoms with Gasteiger partial charge in [0.25, 0.3) is 0 Å². The number of amides is 1. The molecule has 1 aromatic rings. The largest absolute Gasteiger partial charge is 0.497 e. The second kappa shape index (κ2) is 9.43. The summed E-state index contributed by atoms with van der Waals surface area (Å²) in [5.41, 5.74) is 0.170. The molecule has 1 heterocycles. The summed E-state index contributed by atoms with van der Waals surface area (Å²) in [5, 5.41) is 12.2. The van der Waals surface area contributed by atoms with Crippen molar-refractivity contribution in [1.29, 1.82) is 0 Å². The zero-order valence-corrected chi connectivity index (χ0v) is 17.2. The second-order valence-electron chi connectivity index (χ2n) is 8.18. The van der Waals surface area contributed by atoms with Gasteiger partial charge in [0.15, 0.2) is 0 Å². The standard InChI is InChI=1S/C21H29F3N2O4/c1-25-15-11-21(7-9-26(10-8-21)20(27)28)17(15)16(18(22)23)19(24)30-12-13-3-5-14(29-2)6-4-13/h3-6,15-19,25H,7-12H2,1-2H3,(H,27,28). The van der Waals surface area contributed by atoms with Gasteiger partial charge in [0, 0.05) is 19.1 Å². The Labute approximate surface area is 174 Å². The van der Waals surface area contributed by atoms with E-state index in [0.717, 1.165) is 0 Å². The van der Waals surface area contributed by atoms with E-state index in [4.69, 9.17) is 14.6 Å². The maximum absolute atomic E-state index is 15.0. The maximum atomic E-state index is 15.0. The fraction of sp³-hybridized carbons (Fsp3) is 0.667. The molecule has 2 N–H and O–H groups in total. The number of hydrogen-bond donors (Lipinski definition) is 2. The summed E-state index contributed by atoms with van der Waals surface area (Å²) in [7, 11) is 3.22. The second-order valence-corrected chi connectivity index (χ2v) is 8.18. The number of alkyl halides is 3. The average molecular weight is 430 g/mol. The van der Waals surface area contributed by atoms with Crippen LogP contribution in [0.3, 0.4) is 0 Å². The molecule has 1 spiro atoms. The molecule has 1 saturated heterocycles. The van der Waals surface area contributed by atoms with E-state index in [1.807, 2.05) is 0 Å². The van der Waals surface area contributed by atoms with Crippen LogP contribution < -0.4 is 10.1 Å². The third kappa shape index (κ3) is 4.51. The van der Waals surface area contributed by atoms with E-state index in [9.17, 15) is 13.6 Å². The van der Waals surface area contributed by atoms with E-state index in [2.05, 4.69) is 5.32 Å². The van der Waals surface area contributed by atoms with Gasteiger partial charge in [-0.25, -0.2) is 18.0 Å². The van der Waals surface area contributed by atoms with Crippen molar-refractivity contribution >= 4 is 6.09 Å². The van der Waals surface area contributed by atoms with Gasteiger partial charge in [-0.15, -0.1) is 0 Å². The molecule has 4 unspecified atom stereocenters. The van der Waals surface area contributed by atoms with E-state index in [-0.39, 0.29) is 25.7 Å². The number of rotatable bonds is 8. The molecule has 168 valence electrons. The molecule has 30 heavy (non-hydrogen) atoms. The summed E-state index contributed by atoms with van der Waals surface area (Å²) < 4.78 is 53.4. The first-order valence-corrected chi connectivity index (χ1v) is 10.1. The van der Waals surface area contributed by atoms with E-state index < -0.39 is 36.1 Å². The quantitative estimate of drug-likeness (QED) is 0.657. The van der Waals surface area contributed by atoms with Gasteiger partial charge in [0.2, 0.25) is 12.8 Å². The Hall–Kier alpha value is -2.00. The smallest absolute Gasteiger partial charge is 0.407 e. The first-order valence-electron chi connectivity index (χ1n) is 10.1. The summed E-state index contributed by atoms with van der Waals surface area (Å²) in [6, 6.07) is 6.55. The van der Waals surface area contributed by atoms with Crippen LogP contribution in [0.4, 0.5) is 18.0 Å². The summed E-state index contributed by atoms with van der Waals surface area (Å²) in [4.78, 5) is 12.5. The van der Waals surface area contributed by atoms with Gasteiger partial charge in [-0.05, 0) is 55.3 Å². The van der Waals surface area contributed by atoms with E-state index in [0.29, 0.717) is 30.6 Å². The van der Waals surface area contributed by atoms with E-state index in [1.54, 1.807) is 31.3 Å². The molecule has 1 amide bonds. The van der Waals surface area contributed by atoms with E-state index in [1.165, 1.54) is 12.0 Å². The zero-order valence-electron chi connectivity index (χ0n) is 17.2. The van der Waals surface area contributed by atoms with Crippen LogP contribution in [0.25, 0.3) is 0 Å². The summed E-state index contributed by atoms with van der Waals surface area (Å²) in [5.74, 6) is -1.56. The molecule has 2 aliphatic rings. The van der Waals surface area contributed by atoms with Crippen LogP contribution in [0.15, 0.2) is 24.3 Å². The Morgan fingerprint density at radius 2 is 1.90 bits per heavy atom. The van der Waals surface area contributed by atoms with Gasteiger partial charge in [-0.2, -0.15) is 0 Å². The van der Waals surface area contributed by atoms with Crippen molar-refractivity contribution in [2.45, 2.75) is 44.7 Å². The van der Waals surface area contributed by atoms with Crippen molar-refractivity contribution in [1.82, 2.24) is 10.2 Å². The van der Waals surface area contributed by atoms with Crippen LogP contribution in [0, 0.1) is 17.3 Å². The number of nitrogens with one attached hydrogen (secondary N) is 1. The highest BCUT2D eigenvalue weighted by Gasteiger charge is 2.60. The lowest BCUT2D eigenvalue weighted by molar-refractivity contribution is -0.201. The van der Waals surface area contributed by atoms with Gasteiger partial charge < -0.3 is 24.8 Å². The Morgan fingerprint density at radius 3 is 2.40 bits per heavy atom. The highest BCUT2D eigenvalue weighted by molar-refractivity contribution is 5.65. The van der Waals surface area contributed by atoms with Gasteiger partial charge in [-0.1, -0.05) is 12.1 Å². The maximum Gasteiger partial charge on any atom is 0.407 e. The number of methoxy groups -OCH3 is 1. The molecule has 4 atom stereocenters. The first kappa shape index (κ1) is 22.7. The van der Waals surface area contributed by atoms with Gasteiger partial charge >= 0.3 is 6.09 Å². The SMILES string of the molecule is CNC1CC2(CCN(C(=O)O)CC2)C1C(C(F)F)C(F)OCc1ccc(OC)cc1. The lowest BCUT2D eigenvalue weighted by Crippen LogP contribution is -2.65. The van der Waals surface area contributed by atoms with Crippen molar-refractivity contribution < 1.29 is 32.5 Å². The zero-order chi connectivity index (χ0) is 21.9. The van der Waals surface area contributed by atoms with Crippen LogP contribution >= 0.6 is 0 Å². The molecular formula is C21H29F3N2O4. The Bertz CT molecular complexity index is 711. The number of nitrogens with zero attached hydrogens (tertiary/aromatic N) is 1. The minimum absolute atomic E-state index is 0.120. The summed E-state index contributed by atoms with van der Waals surface area (Å²) >= 11 is 0. The third-order valence-electron chi connectivity index (χ3n) is 6.74. The number of piperidine rings is 1. The summed E-state index contributed by atoms with van der Waals surface area (Å²) in [6.45, 7) is 0.439. The summed E-state index contributed by atoms with van der Waals surface area (Å²) in [6.07, 6.45) is -4.47. The van der Waals surface area contributed by atoms with Crippen molar-refractivity contribution in [3.63, 3.8) is 0 Å². The van der Waals surface area contributed by atoms with Gasteiger partial charge in [-0.3, -0.25) is 0 Å². The van der Waals surface area contributed by atoms with Gasteiger partial charge in [0.05, 0.1) is 19.6 Å². The Balaban J connectivity index is 1.69. The van der Waals surface area contributed by atoms with Crippen LogP contribution in [-0.4, -0.2) is 62.2 Å². The first-order chi connectivity index (χ1) is 14.3. The number of benzene rings is 1. The molecule has 1 aliphatic heterocycles. The average Bonchev–Trinajstić information content (AvgIpc) is 2.74. The van der Waals surface area contributed by atoms with Crippen molar-refractivity contribution in [3.05, 3.63) is 29.8 Å². The number of halogens is 3. The third-order valence-corrected chi connectivity index (χ3v) is 6.74. The van der Waals surface area contributed by atoms with Crippen molar-refractivity contribution in [3.8, 4) is 5.75 Å². The number of carboxylic acid groups (broad SMARTS) is 1. The number of carbonyl (C=O) groups is 1. The Morgan fingerprint density at radius 1 is 1.27 bits per heavy atom. The molecule has 0 aromatic heterocycles. The molecule has 9 heteroatoms. The normalized spacial score (nSPS) is 25.1. The minimum Gasteiger partial charge on any atom is -0.497 e. The highest BCUT2D eigenvalue weighted by atomic mass is 19.3. The number of ether oxygens (including phenoxy) is 2. The monoisotopic (exact) mass is 430 g/mol. The van der Waals surface area contributed by atoms with Crippen molar-refractivity contribution in [2.24, 2.45) is 17.3 Å². The van der Waals surface area contributed by atoms with Crippen LogP contribution in [0.2, 0.25) is 0 Å². The molecule has 0 radical (unpaired) electrons. The van der Waals surface area contributed by atoms with E-state index >= 15 is 4.39 Å². The minimum atomic E-state index is -2.88. The number of likely N-dealkylation sites (tertiary alicyclic amines) is 1. The fourth-order valence-corrected chi connectivity index (χ4v) is 5.05. The lowest BCUT2D eigenvalue weighted by atomic mass is 9.49. The van der Waals surface area contributed by atoms with Gasteiger partial charge in [0.1, 0.15) is 5.75 Å². The predicted molar refractivity (Wildman–Crippen MR) is 104 cm³/mol. The van der Waals surface area contributed by atoms with Crippen molar-refractivity contribution in [2.75, 3.05) is 27.2 Å². The topological polar surface area (TPSA) is 71.0 Å². The molecule has 1 saturated carbocycles. The predicted octanol–water partition coefficient (Wildman–Crippen LogP) is 3.76. The molecule has 3 rings (SSSR count). The molecule has 2 fully saturated rings. The van der Waals surface area contributed by atoms with Crippen LogP contribution in [0.5, 0.6) is 5.75 Å². The molecule has 1 aliphatic carbocycles. The Kier molecular flexibility index (Phi) is 7.13. The van der Waals surface area contributed by atoms with Crippen LogP contribution in [-0.2, 0) is 11.3 Å². The lowest BCUT2D eigenvalue weighted by Gasteiger charge is -2.60. The van der Waals surface area contributed by atoms with Crippen LogP contribution in [0.1, 0.15) is 24.8 Å². The highest BCUT2D eigenvalue weighted by Crippen LogP contribution is 2.58. The molecule has 1 aromatic carbocycles.